The molecule has 6 nitrogen and oxygen atoms in total. The Labute approximate surface area is 98.1 Å². The number of anilines is 1. The van der Waals surface area contributed by atoms with Gasteiger partial charge in [0.05, 0.1) is 12.2 Å². The fourth-order valence-corrected chi connectivity index (χ4v) is 1.64. The predicted octanol–water partition coefficient (Wildman–Crippen LogP) is -0.775. The standard InChI is InChI=1S/C11H13N3O3/c12-7(11(13)16)5-14-8-3-1-2-4-9(8)17-6-10(14)15/h1-4,7H,5-6,12H2,(H2,13,16). The van der Waals surface area contributed by atoms with Crippen LogP contribution in [0, 0.1) is 0 Å². The van der Waals surface area contributed by atoms with E-state index in [1.807, 2.05) is 0 Å². The SMILES string of the molecule is NC(=O)C(N)CN1C(=O)COc2ccccc21. The average molecular weight is 235 g/mol. The maximum absolute atomic E-state index is 11.7. The van der Waals surface area contributed by atoms with Crippen LogP contribution in [0.25, 0.3) is 0 Å². The number of carbonyl (C=O) groups excluding carboxylic acids is 2. The number of benzene rings is 1. The van der Waals surface area contributed by atoms with Crippen LogP contribution in [0.5, 0.6) is 5.75 Å². The minimum atomic E-state index is -0.884. The summed E-state index contributed by atoms with van der Waals surface area (Å²) in [6.45, 7) is 0.0109. The van der Waals surface area contributed by atoms with Gasteiger partial charge in [0.1, 0.15) is 11.8 Å². The molecule has 0 fully saturated rings. The van der Waals surface area contributed by atoms with Gasteiger partial charge in [0.25, 0.3) is 5.91 Å². The second kappa shape index (κ2) is 4.42. The smallest absolute Gasteiger partial charge is 0.265 e. The van der Waals surface area contributed by atoms with Crippen LogP contribution in [0.1, 0.15) is 0 Å². The molecule has 1 aliphatic heterocycles. The van der Waals surface area contributed by atoms with Crippen molar-refractivity contribution in [1.29, 1.82) is 0 Å². The quantitative estimate of drug-likeness (QED) is 0.718. The van der Waals surface area contributed by atoms with E-state index < -0.39 is 11.9 Å². The van der Waals surface area contributed by atoms with Crippen molar-refractivity contribution in [2.24, 2.45) is 11.5 Å². The lowest BCUT2D eigenvalue weighted by molar-refractivity contribution is -0.121. The minimum Gasteiger partial charge on any atom is -0.482 e. The largest absolute Gasteiger partial charge is 0.482 e. The van der Waals surface area contributed by atoms with E-state index in [1.54, 1.807) is 24.3 Å². The highest BCUT2D eigenvalue weighted by Crippen LogP contribution is 2.31. The molecule has 90 valence electrons. The number of ether oxygens (including phenoxy) is 1. The molecule has 2 amide bonds. The van der Waals surface area contributed by atoms with Gasteiger partial charge in [-0.1, -0.05) is 12.1 Å². The van der Waals surface area contributed by atoms with Crippen molar-refractivity contribution in [3.63, 3.8) is 0 Å². The summed E-state index contributed by atoms with van der Waals surface area (Å²) in [5.41, 5.74) is 11.3. The minimum absolute atomic E-state index is 0.0531. The Morgan fingerprint density at radius 3 is 2.88 bits per heavy atom. The average Bonchev–Trinajstić information content (AvgIpc) is 2.32. The molecular formula is C11H13N3O3. The van der Waals surface area contributed by atoms with Crippen molar-refractivity contribution in [3.8, 4) is 5.75 Å². The Morgan fingerprint density at radius 2 is 2.18 bits per heavy atom. The molecule has 1 aromatic rings. The van der Waals surface area contributed by atoms with Crippen molar-refractivity contribution in [2.75, 3.05) is 18.1 Å². The Morgan fingerprint density at radius 1 is 1.47 bits per heavy atom. The molecule has 0 aliphatic carbocycles. The Hall–Kier alpha value is -2.08. The third-order valence-electron chi connectivity index (χ3n) is 2.55. The monoisotopic (exact) mass is 235 g/mol. The van der Waals surface area contributed by atoms with E-state index in [0.717, 1.165) is 0 Å². The lowest BCUT2D eigenvalue weighted by Gasteiger charge is -2.30. The van der Waals surface area contributed by atoms with E-state index >= 15 is 0 Å². The van der Waals surface area contributed by atoms with Gasteiger partial charge in [-0.05, 0) is 12.1 Å². The van der Waals surface area contributed by atoms with Gasteiger partial charge in [0.15, 0.2) is 6.61 Å². The van der Waals surface area contributed by atoms with Crippen molar-refractivity contribution in [2.45, 2.75) is 6.04 Å². The van der Waals surface area contributed by atoms with Crippen molar-refractivity contribution in [1.82, 2.24) is 0 Å². The van der Waals surface area contributed by atoms with E-state index in [-0.39, 0.29) is 19.1 Å². The first-order valence-electron chi connectivity index (χ1n) is 5.16. The zero-order chi connectivity index (χ0) is 12.4. The van der Waals surface area contributed by atoms with Crippen LogP contribution >= 0.6 is 0 Å². The summed E-state index contributed by atoms with van der Waals surface area (Å²) in [4.78, 5) is 24.1. The summed E-state index contributed by atoms with van der Waals surface area (Å²) in [7, 11) is 0. The molecule has 0 aromatic heterocycles. The fourth-order valence-electron chi connectivity index (χ4n) is 1.64. The molecule has 4 N–H and O–H groups in total. The second-order valence-electron chi connectivity index (χ2n) is 3.77. The lowest BCUT2D eigenvalue weighted by Crippen LogP contribution is -2.50. The van der Waals surface area contributed by atoms with Gasteiger partial charge in [-0.2, -0.15) is 0 Å². The number of hydrogen-bond donors (Lipinski definition) is 2. The maximum Gasteiger partial charge on any atom is 0.265 e. The highest BCUT2D eigenvalue weighted by Gasteiger charge is 2.27. The molecule has 0 saturated heterocycles. The first-order chi connectivity index (χ1) is 8.09. The van der Waals surface area contributed by atoms with E-state index in [0.29, 0.717) is 11.4 Å². The summed E-state index contributed by atoms with van der Waals surface area (Å²) in [5, 5.41) is 0. The van der Waals surface area contributed by atoms with Gasteiger partial charge in [-0.3, -0.25) is 9.59 Å². The Bertz CT molecular complexity index is 461. The number of amides is 2. The molecule has 6 heteroatoms. The summed E-state index contributed by atoms with van der Waals surface area (Å²) in [6.07, 6.45) is 0. The number of primary amides is 1. The highest BCUT2D eigenvalue weighted by atomic mass is 16.5. The number of nitrogens with zero attached hydrogens (tertiary/aromatic N) is 1. The Kier molecular flexibility index (Phi) is 2.97. The van der Waals surface area contributed by atoms with Crippen LogP contribution in [-0.2, 0) is 9.59 Å². The maximum atomic E-state index is 11.7. The van der Waals surface area contributed by atoms with Crippen LogP contribution in [-0.4, -0.2) is 31.0 Å². The first-order valence-corrected chi connectivity index (χ1v) is 5.16. The fraction of sp³-hybridized carbons (Fsp3) is 0.273. The van der Waals surface area contributed by atoms with Crippen LogP contribution < -0.4 is 21.1 Å². The van der Waals surface area contributed by atoms with Crippen molar-refractivity contribution >= 4 is 17.5 Å². The number of para-hydroxylation sites is 2. The summed E-state index contributed by atoms with van der Waals surface area (Å²) < 4.78 is 5.26. The van der Waals surface area contributed by atoms with E-state index in [1.165, 1.54) is 4.90 Å². The number of rotatable bonds is 3. The molecule has 1 aromatic carbocycles. The molecule has 1 heterocycles. The summed E-state index contributed by atoms with van der Waals surface area (Å²) in [6, 6.07) is 6.19. The van der Waals surface area contributed by atoms with Crippen molar-refractivity contribution < 1.29 is 14.3 Å². The van der Waals surface area contributed by atoms with Crippen LogP contribution in [0.4, 0.5) is 5.69 Å². The van der Waals surface area contributed by atoms with Gasteiger partial charge in [-0.15, -0.1) is 0 Å². The molecular weight excluding hydrogens is 222 g/mol. The normalized spacial score (nSPS) is 16.1. The second-order valence-corrected chi connectivity index (χ2v) is 3.77. The molecule has 0 radical (unpaired) electrons. The number of nitrogens with two attached hydrogens (primary N) is 2. The van der Waals surface area contributed by atoms with E-state index in [9.17, 15) is 9.59 Å². The van der Waals surface area contributed by atoms with Crippen LogP contribution in [0.3, 0.4) is 0 Å². The Balaban J connectivity index is 2.27. The van der Waals surface area contributed by atoms with E-state index in [2.05, 4.69) is 0 Å². The number of hydrogen-bond acceptors (Lipinski definition) is 4. The number of carbonyl (C=O) groups is 2. The van der Waals surface area contributed by atoms with Gasteiger partial charge in [-0.25, -0.2) is 0 Å². The lowest BCUT2D eigenvalue weighted by atomic mass is 10.2. The molecule has 1 aliphatic rings. The molecule has 0 bridgehead atoms. The molecule has 0 spiro atoms. The highest BCUT2D eigenvalue weighted by molar-refractivity contribution is 5.98. The summed E-state index contributed by atoms with van der Waals surface area (Å²) >= 11 is 0. The molecule has 17 heavy (non-hydrogen) atoms. The van der Waals surface area contributed by atoms with E-state index in [4.69, 9.17) is 16.2 Å². The van der Waals surface area contributed by atoms with Gasteiger partial charge in [0, 0.05) is 0 Å². The van der Waals surface area contributed by atoms with Crippen LogP contribution in [0.15, 0.2) is 24.3 Å². The molecule has 1 atom stereocenters. The van der Waals surface area contributed by atoms with Gasteiger partial charge in [0.2, 0.25) is 5.91 Å². The number of fused-ring (bicyclic) bond motifs is 1. The van der Waals surface area contributed by atoms with Gasteiger partial charge < -0.3 is 21.1 Å². The van der Waals surface area contributed by atoms with Crippen molar-refractivity contribution in [3.05, 3.63) is 24.3 Å². The van der Waals surface area contributed by atoms with Gasteiger partial charge >= 0.3 is 0 Å². The molecule has 2 rings (SSSR count). The predicted molar refractivity (Wildman–Crippen MR) is 61.5 cm³/mol. The summed E-state index contributed by atoms with van der Waals surface area (Å²) in [5.74, 6) is -0.272. The van der Waals surface area contributed by atoms with Crippen LogP contribution in [0.2, 0.25) is 0 Å². The topological polar surface area (TPSA) is 98.6 Å². The zero-order valence-corrected chi connectivity index (χ0v) is 9.13. The third kappa shape index (κ3) is 2.21. The third-order valence-corrected chi connectivity index (χ3v) is 2.55. The first kappa shape index (κ1) is 11.4. The molecule has 0 saturated carbocycles. The zero-order valence-electron chi connectivity index (χ0n) is 9.13. The molecule has 1 unspecified atom stereocenters.